The minimum atomic E-state index is 0.866. The van der Waals surface area contributed by atoms with E-state index in [-0.39, 0.29) is 0 Å². The molecule has 0 aliphatic rings. The largest absolute Gasteiger partial charge is 0.411 e. The Hall–Kier alpha value is -0.830. The molecule has 1 aromatic rings. The van der Waals surface area contributed by atoms with Gasteiger partial charge in [-0.15, -0.1) is 0 Å². The van der Waals surface area contributed by atoms with Crippen molar-refractivity contribution in [2.45, 2.75) is 0 Å². The van der Waals surface area contributed by atoms with Gasteiger partial charge in [0.1, 0.15) is 0 Å². The van der Waals surface area contributed by atoms with Gasteiger partial charge in [0.2, 0.25) is 0 Å². The van der Waals surface area contributed by atoms with Gasteiger partial charge in [0.25, 0.3) is 0 Å². The van der Waals surface area contributed by atoms with Crippen molar-refractivity contribution >= 4 is 22.1 Å². The standard InChI is InChI=1S/C7H6BrNO/c8-7-4-2-1-3-6(7)5-9-10/h1-5,10H/b9-5-. The molecule has 52 valence electrons. The highest BCUT2D eigenvalue weighted by molar-refractivity contribution is 9.10. The Bertz CT molecular complexity index is 247. The lowest BCUT2D eigenvalue weighted by Crippen LogP contribution is -1.80. The summed E-state index contributed by atoms with van der Waals surface area (Å²) in [5.74, 6) is 0. The quantitative estimate of drug-likeness (QED) is 0.421. The van der Waals surface area contributed by atoms with E-state index < -0.39 is 0 Å². The van der Waals surface area contributed by atoms with Crippen molar-refractivity contribution in [2.75, 3.05) is 0 Å². The van der Waals surface area contributed by atoms with Gasteiger partial charge in [0, 0.05) is 10.0 Å². The van der Waals surface area contributed by atoms with E-state index in [1.54, 1.807) is 0 Å². The average molecular weight is 200 g/mol. The van der Waals surface area contributed by atoms with Crippen LogP contribution in [0.25, 0.3) is 0 Å². The molecule has 0 aliphatic heterocycles. The summed E-state index contributed by atoms with van der Waals surface area (Å²) < 4.78 is 0.924. The van der Waals surface area contributed by atoms with Crippen LogP contribution >= 0.6 is 15.9 Å². The summed E-state index contributed by atoms with van der Waals surface area (Å²) in [6.45, 7) is 0. The summed E-state index contributed by atoms with van der Waals surface area (Å²) in [6.07, 6.45) is 1.38. The zero-order valence-corrected chi connectivity index (χ0v) is 6.75. The van der Waals surface area contributed by atoms with Gasteiger partial charge in [0.05, 0.1) is 6.21 Å². The predicted octanol–water partition coefficient (Wildman–Crippen LogP) is 2.26. The highest BCUT2D eigenvalue weighted by Crippen LogP contribution is 2.12. The predicted molar refractivity (Wildman–Crippen MR) is 43.5 cm³/mol. The lowest BCUT2D eigenvalue weighted by atomic mass is 10.2. The first-order valence-electron chi connectivity index (χ1n) is 2.76. The molecule has 10 heavy (non-hydrogen) atoms. The van der Waals surface area contributed by atoms with Crippen LogP contribution in [0, 0.1) is 0 Å². The number of hydrogen-bond donors (Lipinski definition) is 1. The lowest BCUT2D eigenvalue weighted by Gasteiger charge is -1.92. The normalized spacial score (nSPS) is 10.5. The number of hydrogen-bond acceptors (Lipinski definition) is 2. The van der Waals surface area contributed by atoms with Crippen molar-refractivity contribution in [1.29, 1.82) is 0 Å². The third-order valence-electron chi connectivity index (χ3n) is 1.10. The van der Waals surface area contributed by atoms with Gasteiger partial charge < -0.3 is 5.21 Å². The third kappa shape index (κ3) is 1.57. The van der Waals surface area contributed by atoms with Crippen molar-refractivity contribution in [3.8, 4) is 0 Å². The maximum Gasteiger partial charge on any atom is 0.0745 e. The van der Waals surface area contributed by atoms with E-state index in [1.807, 2.05) is 24.3 Å². The van der Waals surface area contributed by atoms with Gasteiger partial charge in [-0.3, -0.25) is 0 Å². The van der Waals surface area contributed by atoms with E-state index in [1.165, 1.54) is 6.21 Å². The van der Waals surface area contributed by atoms with Crippen molar-refractivity contribution in [3.63, 3.8) is 0 Å². The molecular formula is C7H6BrNO. The monoisotopic (exact) mass is 199 g/mol. The van der Waals surface area contributed by atoms with Crippen LogP contribution in [-0.2, 0) is 0 Å². The molecule has 3 heteroatoms. The van der Waals surface area contributed by atoms with Crippen LogP contribution in [0.1, 0.15) is 5.56 Å². The van der Waals surface area contributed by atoms with Crippen LogP contribution in [0.4, 0.5) is 0 Å². The smallest absolute Gasteiger partial charge is 0.0745 e. The van der Waals surface area contributed by atoms with E-state index >= 15 is 0 Å². The molecular weight excluding hydrogens is 194 g/mol. The molecule has 0 heterocycles. The van der Waals surface area contributed by atoms with Gasteiger partial charge >= 0.3 is 0 Å². The molecule has 0 unspecified atom stereocenters. The van der Waals surface area contributed by atoms with Gasteiger partial charge in [-0.05, 0) is 6.07 Å². The Morgan fingerprint density at radius 1 is 1.40 bits per heavy atom. The number of nitrogens with zero attached hydrogens (tertiary/aromatic N) is 1. The number of oxime groups is 1. The molecule has 1 rings (SSSR count). The zero-order chi connectivity index (χ0) is 7.40. The van der Waals surface area contributed by atoms with Crippen molar-refractivity contribution in [3.05, 3.63) is 34.3 Å². The van der Waals surface area contributed by atoms with Gasteiger partial charge in [-0.2, -0.15) is 0 Å². The SMILES string of the molecule is O/N=C\c1ccccc1Br. The maximum atomic E-state index is 8.19. The number of rotatable bonds is 1. The second-order valence-corrected chi connectivity index (χ2v) is 2.62. The van der Waals surface area contributed by atoms with E-state index in [0.29, 0.717) is 0 Å². The van der Waals surface area contributed by atoms with Gasteiger partial charge in [-0.1, -0.05) is 39.3 Å². The second-order valence-electron chi connectivity index (χ2n) is 1.77. The molecule has 0 atom stereocenters. The van der Waals surface area contributed by atoms with Crippen molar-refractivity contribution in [1.82, 2.24) is 0 Å². The molecule has 0 spiro atoms. The summed E-state index contributed by atoms with van der Waals surface area (Å²) in [5.41, 5.74) is 0.866. The first kappa shape index (κ1) is 7.28. The highest BCUT2D eigenvalue weighted by Gasteiger charge is 1.91. The van der Waals surface area contributed by atoms with Crippen molar-refractivity contribution < 1.29 is 5.21 Å². The summed E-state index contributed by atoms with van der Waals surface area (Å²) in [4.78, 5) is 0. The fourth-order valence-electron chi connectivity index (χ4n) is 0.642. The molecule has 0 bridgehead atoms. The van der Waals surface area contributed by atoms with E-state index in [4.69, 9.17) is 5.21 Å². The molecule has 0 radical (unpaired) electrons. The Labute approximate surface area is 67.3 Å². The van der Waals surface area contributed by atoms with E-state index in [2.05, 4.69) is 21.1 Å². The molecule has 0 aromatic heterocycles. The van der Waals surface area contributed by atoms with Crippen LogP contribution < -0.4 is 0 Å². The minimum absolute atomic E-state index is 0.866. The zero-order valence-electron chi connectivity index (χ0n) is 5.16. The van der Waals surface area contributed by atoms with Crippen LogP contribution in [-0.4, -0.2) is 11.4 Å². The van der Waals surface area contributed by atoms with Crippen LogP contribution in [0.2, 0.25) is 0 Å². The Kier molecular flexibility index (Phi) is 2.45. The Morgan fingerprint density at radius 2 is 2.10 bits per heavy atom. The molecule has 0 saturated carbocycles. The summed E-state index contributed by atoms with van der Waals surface area (Å²) in [6, 6.07) is 7.52. The topological polar surface area (TPSA) is 32.6 Å². The highest BCUT2D eigenvalue weighted by atomic mass is 79.9. The maximum absolute atomic E-state index is 8.19. The molecule has 0 fully saturated rings. The van der Waals surface area contributed by atoms with Gasteiger partial charge in [0.15, 0.2) is 0 Å². The summed E-state index contributed by atoms with van der Waals surface area (Å²) in [5, 5.41) is 11.1. The molecule has 0 saturated heterocycles. The van der Waals surface area contributed by atoms with Gasteiger partial charge in [-0.25, -0.2) is 0 Å². The fourth-order valence-corrected chi connectivity index (χ4v) is 1.03. The molecule has 2 nitrogen and oxygen atoms in total. The van der Waals surface area contributed by atoms with Crippen LogP contribution in [0.5, 0.6) is 0 Å². The second kappa shape index (κ2) is 3.37. The number of benzene rings is 1. The first-order chi connectivity index (χ1) is 4.84. The molecule has 0 aliphatic carbocycles. The van der Waals surface area contributed by atoms with E-state index in [0.717, 1.165) is 10.0 Å². The molecule has 1 N–H and O–H groups in total. The summed E-state index contributed by atoms with van der Waals surface area (Å²) in [7, 11) is 0. The fraction of sp³-hybridized carbons (Fsp3) is 0. The minimum Gasteiger partial charge on any atom is -0.411 e. The lowest BCUT2D eigenvalue weighted by molar-refractivity contribution is 0.322. The van der Waals surface area contributed by atoms with Crippen LogP contribution in [0.3, 0.4) is 0 Å². The van der Waals surface area contributed by atoms with Crippen LogP contribution in [0.15, 0.2) is 33.9 Å². The average Bonchev–Trinajstić information content (AvgIpc) is 1.94. The Balaban J connectivity index is 3.03. The first-order valence-corrected chi connectivity index (χ1v) is 3.56. The third-order valence-corrected chi connectivity index (χ3v) is 1.82. The summed E-state index contributed by atoms with van der Waals surface area (Å²) >= 11 is 3.29. The number of halogens is 1. The van der Waals surface area contributed by atoms with E-state index in [9.17, 15) is 0 Å². The van der Waals surface area contributed by atoms with Crippen molar-refractivity contribution in [2.24, 2.45) is 5.16 Å². The molecule has 1 aromatic carbocycles. The molecule has 0 amide bonds. The Morgan fingerprint density at radius 3 is 2.70 bits per heavy atom.